The molecule has 2 rings (SSSR count). The molecule has 0 bridgehead atoms. The van der Waals surface area contributed by atoms with Gasteiger partial charge in [0.1, 0.15) is 11.3 Å². The predicted octanol–water partition coefficient (Wildman–Crippen LogP) is 2.98. The summed E-state index contributed by atoms with van der Waals surface area (Å²) in [5.74, 6) is -0.416. The summed E-state index contributed by atoms with van der Waals surface area (Å²) >= 11 is 0. The molecule has 1 aromatic carbocycles. The number of benzene rings is 1. The Hall–Kier alpha value is -2.15. The molecule has 0 saturated heterocycles. The van der Waals surface area contributed by atoms with Crippen LogP contribution in [0, 0.1) is 0 Å². The Bertz CT molecular complexity index is 687. The number of rotatable bonds is 7. The number of hydrogen-bond acceptors (Lipinski definition) is 4. The van der Waals surface area contributed by atoms with Crippen molar-refractivity contribution in [2.45, 2.75) is 38.8 Å². The molecule has 23 heavy (non-hydrogen) atoms. The van der Waals surface area contributed by atoms with Crippen LogP contribution >= 0.6 is 0 Å². The van der Waals surface area contributed by atoms with Gasteiger partial charge in [0, 0.05) is 23.5 Å². The normalized spacial score (nSPS) is 14.0. The molecule has 0 fully saturated rings. The summed E-state index contributed by atoms with van der Waals surface area (Å²) < 4.78 is 34.2. The SMILES string of the molecule is CCOC(=O)C(N)(CC)Cc1c[nH]c2ccc(OC(F)F)cc12. The Morgan fingerprint density at radius 3 is 2.74 bits per heavy atom. The second-order valence-corrected chi connectivity index (χ2v) is 5.31. The van der Waals surface area contributed by atoms with E-state index in [-0.39, 0.29) is 18.8 Å². The van der Waals surface area contributed by atoms with Gasteiger partial charge in [0.05, 0.1) is 6.61 Å². The molecule has 0 aliphatic heterocycles. The second-order valence-electron chi connectivity index (χ2n) is 5.31. The maximum Gasteiger partial charge on any atom is 0.387 e. The predicted molar refractivity (Wildman–Crippen MR) is 82.5 cm³/mol. The molecule has 0 saturated carbocycles. The van der Waals surface area contributed by atoms with E-state index in [1.165, 1.54) is 12.1 Å². The highest BCUT2D eigenvalue weighted by atomic mass is 19.3. The third kappa shape index (κ3) is 3.79. The van der Waals surface area contributed by atoms with Gasteiger partial charge in [-0.2, -0.15) is 8.78 Å². The van der Waals surface area contributed by atoms with Crippen LogP contribution in [0.5, 0.6) is 5.75 Å². The first kappa shape index (κ1) is 17.2. The second kappa shape index (κ2) is 6.95. The van der Waals surface area contributed by atoms with Gasteiger partial charge in [0.2, 0.25) is 0 Å². The van der Waals surface area contributed by atoms with Crippen LogP contribution < -0.4 is 10.5 Å². The van der Waals surface area contributed by atoms with E-state index in [2.05, 4.69) is 9.72 Å². The van der Waals surface area contributed by atoms with E-state index in [1.54, 1.807) is 26.1 Å². The molecule has 0 radical (unpaired) electrons. The topological polar surface area (TPSA) is 77.3 Å². The van der Waals surface area contributed by atoms with Gasteiger partial charge in [-0.3, -0.25) is 4.79 Å². The largest absolute Gasteiger partial charge is 0.465 e. The maximum atomic E-state index is 12.4. The van der Waals surface area contributed by atoms with Crippen molar-refractivity contribution >= 4 is 16.9 Å². The maximum absolute atomic E-state index is 12.4. The zero-order valence-corrected chi connectivity index (χ0v) is 13.1. The van der Waals surface area contributed by atoms with Crippen LogP contribution in [0.4, 0.5) is 8.78 Å². The number of hydrogen-bond donors (Lipinski definition) is 2. The molecule has 1 aromatic heterocycles. The molecule has 0 aliphatic carbocycles. The van der Waals surface area contributed by atoms with Crippen molar-refractivity contribution in [3.05, 3.63) is 30.0 Å². The summed E-state index contributed by atoms with van der Waals surface area (Å²) in [5, 5.41) is 0.690. The van der Waals surface area contributed by atoms with E-state index in [9.17, 15) is 13.6 Å². The van der Waals surface area contributed by atoms with Gasteiger partial charge >= 0.3 is 12.6 Å². The molecule has 0 spiro atoms. The number of halogens is 2. The van der Waals surface area contributed by atoms with Gasteiger partial charge in [-0.05, 0) is 37.1 Å². The molecule has 126 valence electrons. The molecule has 1 heterocycles. The minimum Gasteiger partial charge on any atom is -0.465 e. The number of nitrogens with one attached hydrogen (secondary N) is 1. The van der Waals surface area contributed by atoms with E-state index in [4.69, 9.17) is 10.5 Å². The quantitative estimate of drug-likeness (QED) is 0.767. The zero-order chi connectivity index (χ0) is 17.0. The Balaban J connectivity index is 2.33. The Morgan fingerprint density at radius 2 is 2.13 bits per heavy atom. The third-order valence-corrected chi connectivity index (χ3v) is 3.78. The van der Waals surface area contributed by atoms with Gasteiger partial charge in [-0.15, -0.1) is 0 Å². The smallest absolute Gasteiger partial charge is 0.387 e. The number of esters is 1. The van der Waals surface area contributed by atoms with E-state index in [1.807, 2.05) is 0 Å². The molecular formula is C16H20F2N2O3. The number of alkyl halides is 2. The average Bonchev–Trinajstić information content (AvgIpc) is 2.89. The number of H-pyrrole nitrogens is 1. The minimum atomic E-state index is -2.89. The van der Waals surface area contributed by atoms with Crippen LogP contribution in [0.2, 0.25) is 0 Å². The van der Waals surface area contributed by atoms with Crippen molar-refractivity contribution in [3.63, 3.8) is 0 Å². The summed E-state index contributed by atoms with van der Waals surface area (Å²) in [5.41, 5.74) is 6.53. The van der Waals surface area contributed by atoms with Gasteiger partial charge in [-0.1, -0.05) is 6.92 Å². The molecule has 7 heteroatoms. The number of aromatic nitrogens is 1. The molecule has 3 N–H and O–H groups in total. The number of carbonyl (C=O) groups is 1. The summed E-state index contributed by atoms with van der Waals surface area (Å²) in [6.45, 7) is 0.876. The Morgan fingerprint density at radius 1 is 1.39 bits per heavy atom. The average molecular weight is 326 g/mol. The molecule has 0 aliphatic rings. The summed E-state index contributed by atoms with van der Waals surface area (Å²) in [6, 6.07) is 4.61. The highest BCUT2D eigenvalue weighted by molar-refractivity contribution is 5.87. The molecule has 0 amide bonds. The van der Waals surface area contributed by atoms with Crippen molar-refractivity contribution in [3.8, 4) is 5.75 Å². The highest BCUT2D eigenvalue weighted by Crippen LogP contribution is 2.28. The van der Waals surface area contributed by atoms with Crippen LogP contribution in [0.15, 0.2) is 24.4 Å². The fraction of sp³-hybridized carbons (Fsp3) is 0.438. The Labute approximate surface area is 132 Å². The zero-order valence-electron chi connectivity index (χ0n) is 13.1. The fourth-order valence-electron chi connectivity index (χ4n) is 2.44. The number of fused-ring (bicyclic) bond motifs is 1. The van der Waals surface area contributed by atoms with E-state index in [0.29, 0.717) is 11.8 Å². The van der Waals surface area contributed by atoms with Crippen molar-refractivity contribution in [1.29, 1.82) is 0 Å². The standard InChI is InChI=1S/C16H20F2N2O3/c1-3-16(19,14(21)22-4-2)8-10-9-20-13-6-5-11(7-12(10)13)23-15(17)18/h5-7,9,15,20H,3-4,8,19H2,1-2H3. The van der Waals surface area contributed by atoms with E-state index in [0.717, 1.165) is 11.1 Å². The lowest BCUT2D eigenvalue weighted by Gasteiger charge is -2.25. The first-order valence-electron chi connectivity index (χ1n) is 7.40. The van der Waals surface area contributed by atoms with Crippen molar-refractivity contribution in [2.75, 3.05) is 6.61 Å². The van der Waals surface area contributed by atoms with Gasteiger partial charge in [0.25, 0.3) is 0 Å². The van der Waals surface area contributed by atoms with Crippen LogP contribution in [0.25, 0.3) is 10.9 Å². The van der Waals surface area contributed by atoms with Gasteiger partial charge in [-0.25, -0.2) is 0 Å². The van der Waals surface area contributed by atoms with Crippen molar-refractivity contribution < 1.29 is 23.0 Å². The summed E-state index contributed by atoms with van der Waals surface area (Å²) in [6.07, 6.45) is 2.35. The summed E-state index contributed by atoms with van der Waals surface area (Å²) in [4.78, 5) is 15.1. The lowest BCUT2D eigenvalue weighted by molar-refractivity contribution is -0.149. The fourth-order valence-corrected chi connectivity index (χ4v) is 2.44. The summed E-state index contributed by atoms with van der Waals surface area (Å²) in [7, 11) is 0. The van der Waals surface area contributed by atoms with Crippen LogP contribution in [0.3, 0.4) is 0 Å². The van der Waals surface area contributed by atoms with E-state index < -0.39 is 18.1 Å². The number of nitrogens with two attached hydrogens (primary N) is 1. The minimum absolute atomic E-state index is 0.0589. The van der Waals surface area contributed by atoms with Crippen molar-refractivity contribution in [1.82, 2.24) is 4.98 Å². The Kier molecular flexibility index (Phi) is 5.20. The van der Waals surface area contributed by atoms with Gasteiger partial charge in [0.15, 0.2) is 0 Å². The van der Waals surface area contributed by atoms with E-state index >= 15 is 0 Å². The van der Waals surface area contributed by atoms with Crippen LogP contribution in [0.1, 0.15) is 25.8 Å². The first-order chi connectivity index (χ1) is 10.9. The molecule has 1 unspecified atom stereocenters. The lowest BCUT2D eigenvalue weighted by Crippen LogP contribution is -2.50. The number of ether oxygens (including phenoxy) is 2. The molecular weight excluding hydrogens is 306 g/mol. The first-order valence-corrected chi connectivity index (χ1v) is 7.40. The van der Waals surface area contributed by atoms with Crippen molar-refractivity contribution in [2.24, 2.45) is 5.73 Å². The lowest BCUT2D eigenvalue weighted by atomic mass is 9.89. The molecule has 5 nitrogen and oxygen atoms in total. The number of carbonyl (C=O) groups excluding carboxylic acids is 1. The number of aromatic amines is 1. The third-order valence-electron chi connectivity index (χ3n) is 3.78. The highest BCUT2D eigenvalue weighted by Gasteiger charge is 2.34. The van der Waals surface area contributed by atoms with Crippen LogP contribution in [-0.2, 0) is 16.0 Å². The molecule has 1 atom stereocenters. The monoisotopic (exact) mass is 326 g/mol. The molecule has 2 aromatic rings. The van der Waals surface area contributed by atoms with Gasteiger partial charge < -0.3 is 20.2 Å². The van der Waals surface area contributed by atoms with Crippen LogP contribution in [-0.4, -0.2) is 29.7 Å².